The Kier molecular flexibility index (Phi) is 6.46. The number of carbonyl (C=O) groups is 2. The molecule has 2 amide bonds. The normalized spacial score (nSPS) is 19.2. The minimum absolute atomic E-state index is 0.0868. The molecular weight excluding hydrogens is 414 g/mol. The molecule has 0 bridgehead atoms. The molecule has 7 nitrogen and oxygen atoms in total. The van der Waals surface area contributed by atoms with Crippen LogP contribution in [0.2, 0.25) is 0 Å². The number of nitrogens with one attached hydrogen (secondary N) is 1. The molecule has 0 atom stereocenters. The number of hydrogen-bond donors (Lipinski definition) is 1. The van der Waals surface area contributed by atoms with E-state index >= 15 is 0 Å². The highest BCUT2D eigenvalue weighted by molar-refractivity contribution is 6.02. The molecule has 3 fully saturated rings. The lowest BCUT2D eigenvalue weighted by Gasteiger charge is -2.37. The summed E-state index contributed by atoms with van der Waals surface area (Å²) >= 11 is 0. The van der Waals surface area contributed by atoms with Gasteiger partial charge in [0, 0.05) is 69.0 Å². The average molecular weight is 448 g/mol. The molecule has 1 aromatic carbocycles. The monoisotopic (exact) mass is 447 g/mol. The first-order chi connectivity index (χ1) is 16.2. The minimum atomic E-state index is 0.0868. The van der Waals surface area contributed by atoms with Gasteiger partial charge in [0.15, 0.2) is 0 Å². The van der Waals surface area contributed by atoms with E-state index in [1.54, 1.807) is 0 Å². The number of anilines is 3. The molecule has 2 aromatic rings. The Morgan fingerprint density at radius 2 is 1.52 bits per heavy atom. The number of piperazine rings is 1. The average Bonchev–Trinajstić information content (AvgIpc) is 3.72. The van der Waals surface area contributed by atoms with Gasteiger partial charge in [0.1, 0.15) is 0 Å². The van der Waals surface area contributed by atoms with Crippen molar-refractivity contribution in [2.24, 2.45) is 5.92 Å². The van der Waals surface area contributed by atoms with Gasteiger partial charge in [-0.25, -0.2) is 0 Å². The van der Waals surface area contributed by atoms with Crippen LogP contribution in [0.4, 0.5) is 17.1 Å². The van der Waals surface area contributed by atoms with Crippen LogP contribution in [0.3, 0.4) is 0 Å². The van der Waals surface area contributed by atoms with E-state index in [1.807, 2.05) is 47.6 Å². The molecule has 2 aliphatic heterocycles. The second-order valence-corrected chi connectivity index (χ2v) is 9.38. The van der Waals surface area contributed by atoms with Crippen LogP contribution in [0.5, 0.6) is 0 Å². The number of hydrogen-bond acceptors (Lipinski definition) is 5. The Morgan fingerprint density at radius 3 is 2.18 bits per heavy atom. The zero-order valence-electron chi connectivity index (χ0n) is 19.2. The van der Waals surface area contributed by atoms with E-state index in [0.29, 0.717) is 13.1 Å². The fraction of sp³-hybridized carbons (Fsp3) is 0.500. The van der Waals surface area contributed by atoms with Crippen LogP contribution in [0, 0.1) is 5.92 Å². The second kappa shape index (κ2) is 9.81. The van der Waals surface area contributed by atoms with Crippen LogP contribution in [0.1, 0.15) is 48.9 Å². The molecule has 7 heteroatoms. The van der Waals surface area contributed by atoms with E-state index in [-0.39, 0.29) is 17.7 Å². The summed E-state index contributed by atoms with van der Waals surface area (Å²) in [7, 11) is 0. The quantitative estimate of drug-likeness (QED) is 0.756. The highest BCUT2D eigenvalue weighted by Gasteiger charge is 2.30. The van der Waals surface area contributed by atoms with Gasteiger partial charge < -0.3 is 20.0 Å². The lowest BCUT2D eigenvalue weighted by molar-refractivity contribution is -0.117. The molecule has 1 saturated carbocycles. The first-order valence-corrected chi connectivity index (χ1v) is 12.3. The van der Waals surface area contributed by atoms with Crippen LogP contribution in [-0.2, 0) is 4.79 Å². The third-order valence-electron chi connectivity index (χ3n) is 6.99. The van der Waals surface area contributed by atoms with Gasteiger partial charge in [0.25, 0.3) is 5.91 Å². The van der Waals surface area contributed by atoms with Gasteiger partial charge in [0.05, 0.1) is 11.3 Å². The predicted octanol–water partition coefficient (Wildman–Crippen LogP) is 3.77. The van der Waals surface area contributed by atoms with Crippen molar-refractivity contribution in [2.45, 2.75) is 38.5 Å². The summed E-state index contributed by atoms with van der Waals surface area (Å²) in [5.41, 5.74) is 3.66. The lowest BCUT2D eigenvalue weighted by atomic mass is 10.1. The Labute approximate surface area is 195 Å². The molecule has 0 unspecified atom stereocenters. The number of amides is 2. The molecule has 3 heterocycles. The molecule has 5 rings (SSSR count). The topological polar surface area (TPSA) is 68.8 Å². The molecule has 3 aliphatic rings. The van der Waals surface area contributed by atoms with Crippen molar-refractivity contribution in [1.29, 1.82) is 0 Å². The number of aromatic nitrogens is 1. The smallest absolute Gasteiger partial charge is 0.256 e. The highest BCUT2D eigenvalue weighted by Crippen LogP contribution is 2.32. The third kappa shape index (κ3) is 5.13. The van der Waals surface area contributed by atoms with Crippen LogP contribution in [-0.4, -0.2) is 61.0 Å². The van der Waals surface area contributed by atoms with Crippen LogP contribution in [0.25, 0.3) is 0 Å². The van der Waals surface area contributed by atoms with Gasteiger partial charge in [-0.15, -0.1) is 0 Å². The van der Waals surface area contributed by atoms with Gasteiger partial charge in [-0.1, -0.05) is 12.8 Å². The fourth-order valence-corrected chi connectivity index (χ4v) is 4.85. The van der Waals surface area contributed by atoms with E-state index < -0.39 is 0 Å². The zero-order valence-corrected chi connectivity index (χ0v) is 19.2. The summed E-state index contributed by atoms with van der Waals surface area (Å²) in [5, 5.41) is 3.07. The SMILES string of the molecule is O=C(Nc1ccc(C(=O)N2CCN(c3ccncc3)CC2)c(N2CCCCCC2)c1)C1CC1. The number of carbonyl (C=O) groups excluding carboxylic acids is 2. The summed E-state index contributed by atoms with van der Waals surface area (Å²) in [5.74, 6) is 0.344. The first kappa shape index (κ1) is 21.7. The van der Waals surface area contributed by atoms with E-state index in [2.05, 4.69) is 20.1 Å². The summed E-state index contributed by atoms with van der Waals surface area (Å²) in [6, 6.07) is 9.86. The molecule has 0 spiro atoms. The molecular formula is C26H33N5O2. The standard InChI is InChI=1S/C26H33N5O2/c32-25(20-5-6-20)28-21-7-8-23(24(19-21)30-13-3-1-2-4-14-30)26(33)31-17-15-29(16-18-31)22-9-11-27-12-10-22/h7-12,19-20H,1-6,13-18H2,(H,28,32). The fourth-order valence-electron chi connectivity index (χ4n) is 4.85. The summed E-state index contributed by atoms with van der Waals surface area (Å²) < 4.78 is 0. The number of benzene rings is 1. The molecule has 174 valence electrons. The molecule has 1 N–H and O–H groups in total. The number of rotatable bonds is 5. The Bertz CT molecular complexity index is 975. The Morgan fingerprint density at radius 1 is 0.818 bits per heavy atom. The zero-order chi connectivity index (χ0) is 22.6. The number of nitrogens with zero attached hydrogens (tertiary/aromatic N) is 4. The van der Waals surface area contributed by atoms with Crippen LogP contribution < -0.4 is 15.1 Å². The maximum atomic E-state index is 13.6. The van der Waals surface area contributed by atoms with Crippen molar-refractivity contribution in [3.05, 3.63) is 48.3 Å². The summed E-state index contributed by atoms with van der Waals surface area (Å²) in [4.78, 5) is 36.7. The summed E-state index contributed by atoms with van der Waals surface area (Å²) in [6.07, 6.45) is 10.3. The van der Waals surface area contributed by atoms with E-state index in [9.17, 15) is 9.59 Å². The predicted molar refractivity (Wildman–Crippen MR) is 131 cm³/mol. The highest BCUT2D eigenvalue weighted by atomic mass is 16.2. The van der Waals surface area contributed by atoms with Crippen molar-refractivity contribution in [1.82, 2.24) is 9.88 Å². The number of pyridine rings is 1. The Balaban J connectivity index is 1.34. The van der Waals surface area contributed by atoms with Crippen molar-refractivity contribution >= 4 is 28.9 Å². The van der Waals surface area contributed by atoms with Gasteiger partial charge in [-0.05, 0) is 56.0 Å². The van der Waals surface area contributed by atoms with Crippen LogP contribution >= 0.6 is 0 Å². The maximum Gasteiger partial charge on any atom is 0.256 e. The van der Waals surface area contributed by atoms with Gasteiger partial charge >= 0.3 is 0 Å². The largest absolute Gasteiger partial charge is 0.371 e. The summed E-state index contributed by atoms with van der Waals surface area (Å²) in [6.45, 7) is 4.92. The van der Waals surface area contributed by atoms with E-state index in [4.69, 9.17) is 0 Å². The van der Waals surface area contributed by atoms with Crippen molar-refractivity contribution in [2.75, 3.05) is 54.4 Å². The minimum Gasteiger partial charge on any atom is -0.371 e. The third-order valence-corrected chi connectivity index (χ3v) is 6.99. The van der Waals surface area contributed by atoms with Gasteiger partial charge in [0.2, 0.25) is 5.91 Å². The maximum absolute atomic E-state index is 13.6. The second-order valence-electron chi connectivity index (χ2n) is 9.38. The molecule has 0 radical (unpaired) electrons. The van der Waals surface area contributed by atoms with Crippen molar-refractivity contribution in [3.63, 3.8) is 0 Å². The molecule has 2 saturated heterocycles. The van der Waals surface area contributed by atoms with E-state index in [0.717, 1.165) is 74.5 Å². The van der Waals surface area contributed by atoms with E-state index in [1.165, 1.54) is 12.8 Å². The molecule has 33 heavy (non-hydrogen) atoms. The molecule has 1 aliphatic carbocycles. The van der Waals surface area contributed by atoms with Crippen molar-refractivity contribution in [3.8, 4) is 0 Å². The Hall–Kier alpha value is -3.09. The van der Waals surface area contributed by atoms with Gasteiger partial charge in [-0.3, -0.25) is 14.6 Å². The molecule has 1 aromatic heterocycles. The van der Waals surface area contributed by atoms with Crippen molar-refractivity contribution < 1.29 is 9.59 Å². The van der Waals surface area contributed by atoms with Gasteiger partial charge in [-0.2, -0.15) is 0 Å². The van der Waals surface area contributed by atoms with Crippen LogP contribution in [0.15, 0.2) is 42.7 Å². The first-order valence-electron chi connectivity index (χ1n) is 12.3. The lowest BCUT2D eigenvalue weighted by Crippen LogP contribution is -2.49.